The first-order valence-electron chi connectivity index (χ1n) is 4.11. The fourth-order valence-corrected chi connectivity index (χ4v) is 1.10. The number of hydrogen-bond donors (Lipinski definition) is 1. The lowest BCUT2D eigenvalue weighted by Gasteiger charge is -2.08. The quantitative estimate of drug-likeness (QED) is 0.723. The van der Waals surface area contributed by atoms with E-state index in [1.165, 1.54) is 0 Å². The van der Waals surface area contributed by atoms with Crippen LogP contribution < -0.4 is 0 Å². The van der Waals surface area contributed by atoms with Gasteiger partial charge in [0.05, 0.1) is 0 Å². The standard InChI is InChI=1S/C11H14O/c1-3-10-5-4-6-11(7-10)9(2)8-12/h3-7,9,12H,1,8H2,2H3. The van der Waals surface area contributed by atoms with E-state index in [0.29, 0.717) is 0 Å². The van der Waals surface area contributed by atoms with E-state index in [4.69, 9.17) is 5.11 Å². The van der Waals surface area contributed by atoms with E-state index < -0.39 is 0 Å². The van der Waals surface area contributed by atoms with Crippen molar-refractivity contribution in [2.45, 2.75) is 12.8 Å². The second-order valence-electron chi connectivity index (χ2n) is 2.96. The molecule has 0 aliphatic heterocycles. The third-order valence-corrected chi connectivity index (χ3v) is 1.99. The van der Waals surface area contributed by atoms with Crippen LogP contribution in [0.25, 0.3) is 6.08 Å². The Morgan fingerprint density at radius 2 is 2.33 bits per heavy atom. The predicted octanol–water partition coefficient (Wildman–Crippen LogP) is 2.43. The summed E-state index contributed by atoms with van der Waals surface area (Å²) in [6.07, 6.45) is 1.81. The normalized spacial score (nSPS) is 12.5. The number of aliphatic hydroxyl groups excluding tert-OH is 1. The minimum absolute atomic E-state index is 0.195. The van der Waals surface area contributed by atoms with Crippen LogP contribution in [0.2, 0.25) is 0 Å². The molecule has 0 aliphatic carbocycles. The maximum atomic E-state index is 8.93. The van der Waals surface area contributed by atoms with Gasteiger partial charge >= 0.3 is 0 Å². The zero-order chi connectivity index (χ0) is 8.97. The molecule has 0 radical (unpaired) electrons. The van der Waals surface area contributed by atoms with Crippen LogP contribution in [-0.2, 0) is 0 Å². The first-order chi connectivity index (χ1) is 5.77. The maximum absolute atomic E-state index is 8.93. The molecule has 1 aromatic carbocycles. The molecule has 0 spiro atoms. The summed E-state index contributed by atoms with van der Waals surface area (Å²) < 4.78 is 0. The second-order valence-corrected chi connectivity index (χ2v) is 2.96. The highest BCUT2D eigenvalue weighted by molar-refractivity contribution is 5.48. The van der Waals surface area contributed by atoms with Gasteiger partial charge in [-0.2, -0.15) is 0 Å². The van der Waals surface area contributed by atoms with Gasteiger partial charge in [0, 0.05) is 12.5 Å². The first-order valence-corrected chi connectivity index (χ1v) is 4.11. The summed E-state index contributed by atoms with van der Waals surface area (Å²) in [6.45, 7) is 5.89. The van der Waals surface area contributed by atoms with Crippen LogP contribution in [0.1, 0.15) is 24.0 Å². The molecular weight excluding hydrogens is 148 g/mol. The summed E-state index contributed by atoms with van der Waals surface area (Å²) in [5, 5.41) is 8.93. The number of benzene rings is 1. The highest BCUT2D eigenvalue weighted by Gasteiger charge is 2.02. The zero-order valence-electron chi connectivity index (χ0n) is 7.33. The minimum Gasteiger partial charge on any atom is -0.396 e. The van der Waals surface area contributed by atoms with E-state index in [1.54, 1.807) is 0 Å². The molecule has 1 rings (SSSR count). The van der Waals surface area contributed by atoms with Gasteiger partial charge in [-0.15, -0.1) is 0 Å². The number of rotatable bonds is 3. The van der Waals surface area contributed by atoms with Crippen molar-refractivity contribution in [3.63, 3.8) is 0 Å². The number of hydrogen-bond acceptors (Lipinski definition) is 1. The molecule has 0 aliphatic rings. The van der Waals surface area contributed by atoms with Gasteiger partial charge in [0.2, 0.25) is 0 Å². The van der Waals surface area contributed by atoms with Crippen molar-refractivity contribution in [1.29, 1.82) is 0 Å². The Kier molecular flexibility index (Phi) is 3.06. The van der Waals surface area contributed by atoms with Crippen LogP contribution in [0.3, 0.4) is 0 Å². The Bertz CT molecular complexity index is 265. The average Bonchev–Trinajstić information content (AvgIpc) is 2.17. The summed E-state index contributed by atoms with van der Waals surface area (Å²) in [4.78, 5) is 0. The van der Waals surface area contributed by atoms with Gasteiger partial charge in [0.25, 0.3) is 0 Å². The smallest absolute Gasteiger partial charge is 0.0497 e. The van der Waals surface area contributed by atoms with E-state index in [0.717, 1.165) is 11.1 Å². The monoisotopic (exact) mass is 162 g/mol. The van der Waals surface area contributed by atoms with Crippen LogP contribution in [0, 0.1) is 0 Å². The Hall–Kier alpha value is -1.08. The molecule has 0 bridgehead atoms. The fraction of sp³-hybridized carbons (Fsp3) is 0.273. The van der Waals surface area contributed by atoms with Crippen molar-refractivity contribution in [2.75, 3.05) is 6.61 Å². The lowest BCUT2D eigenvalue weighted by molar-refractivity contribution is 0.273. The molecule has 0 fully saturated rings. The van der Waals surface area contributed by atoms with Gasteiger partial charge < -0.3 is 5.11 Å². The van der Waals surface area contributed by atoms with Crippen molar-refractivity contribution < 1.29 is 5.11 Å². The van der Waals surface area contributed by atoms with E-state index in [1.807, 2.05) is 37.3 Å². The molecular formula is C11H14O. The summed E-state index contributed by atoms with van der Waals surface area (Å²) >= 11 is 0. The average molecular weight is 162 g/mol. The van der Waals surface area contributed by atoms with E-state index in [9.17, 15) is 0 Å². The molecule has 0 amide bonds. The molecule has 0 saturated heterocycles. The number of aliphatic hydroxyl groups is 1. The summed E-state index contributed by atoms with van der Waals surface area (Å²) in [7, 11) is 0. The van der Waals surface area contributed by atoms with Crippen molar-refractivity contribution in [3.05, 3.63) is 42.0 Å². The predicted molar refractivity (Wildman–Crippen MR) is 52.0 cm³/mol. The van der Waals surface area contributed by atoms with Gasteiger partial charge in [0.15, 0.2) is 0 Å². The van der Waals surface area contributed by atoms with Crippen molar-refractivity contribution in [2.24, 2.45) is 0 Å². The van der Waals surface area contributed by atoms with Crippen LogP contribution in [-0.4, -0.2) is 11.7 Å². The van der Waals surface area contributed by atoms with E-state index in [-0.39, 0.29) is 12.5 Å². The maximum Gasteiger partial charge on any atom is 0.0497 e. The molecule has 0 aromatic heterocycles. The van der Waals surface area contributed by atoms with Crippen molar-refractivity contribution in [1.82, 2.24) is 0 Å². The van der Waals surface area contributed by atoms with Gasteiger partial charge in [-0.05, 0) is 11.1 Å². The van der Waals surface area contributed by atoms with E-state index in [2.05, 4.69) is 6.58 Å². The Labute approximate surface area is 73.4 Å². The molecule has 1 N–H and O–H groups in total. The Morgan fingerprint density at radius 1 is 1.58 bits per heavy atom. The topological polar surface area (TPSA) is 20.2 Å². The van der Waals surface area contributed by atoms with Gasteiger partial charge in [-0.25, -0.2) is 0 Å². The molecule has 0 saturated carbocycles. The Balaban J connectivity index is 2.93. The van der Waals surface area contributed by atoms with Crippen molar-refractivity contribution >= 4 is 6.08 Å². The molecule has 1 nitrogen and oxygen atoms in total. The molecule has 1 unspecified atom stereocenters. The lowest BCUT2D eigenvalue weighted by atomic mass is 10.00. The van der Waals surface area contributed by atoms with Gasteiger partial charge in [0.1, 0.15) is 0 Å². The minimum atomic E-state index is 0.195. The lowest BCUT2D eigenvalue weighted by Crippen LogP contribution is -1.98. The molecule has 1 heteroatoms. The van der Waals surface area contributed by atoms with Crippen LogP contribution in [0.4, 0.5) is 0 Å². The SMILES string of the molecule is C=Cc1cccc(C(C)CO)c1. The molecule has 1 aromatic rings. The van der Waals surface area contributed by atoms with Crippen LogP contribution in [0.15, 0.2) is 30.8 Å². The third-order valence-electron chi connectivity index (χ3n) is 1.99. The van der Waals surface area contributed by atoms with Crippen LogP contribution >= 0.6 is 0 Å². The first kappa shape index (κ1) is 9.01. The summed E-state index contributed by atoms with van der Waals surface area (Å²) in [6, 6.07) is 8.06. The van der Waals surface area contributed by atoms with Crippen LogP contribution in [0.5, 0.6) is 0 Å². The molecule has 0 heterocycles. The molecule has 1 atom stereocenters. The zero-order valence-corrected chi connectivity index (χ0v) is 7.33. The largest absolute Gasteiger partial charge is 0.396 e. The second kappa shape index (κ2) is 4.07. The molecule has 64 valence electrons. The highest BCUT2D eigenvalue weighted by atomic mass is 16.3. The van der Waals surface area contributed by atoms with E-state index >= 15 is 0 Å². The van der Waals surface area contributed by atoms with Gasteiger partial charge in [-0.1, -0.05) is 43.8 Å². The highest BCUT2D eigenvalue weighted by Crippen LogP contribution is 2.16. The van der Waals surface area contributed by atoms with Crippen molar-refractivity contribution in [3.8, 4) is 0 Å². The fourth-order valence-electron chi connectivity index (χ4n) is 1.10. The summed E-state index contributed by atoms with van der Waals surface area (Å²) in [5.41, 5.74) is 2.27. The third kappa shape index (κ3) is 1.95. The molecule has 12 heavy (non-hydrogen) atoms. The van der Waals surface area contributed by atoms with Gasteiger partial charge in [-0.3, -0.25) is 0 Å². The summed E-state index contributed by atoms with van der Waals surface area (Å²) in [5.74, 6) is 0.213. The Morgan fingerprint density at radius 3 is 2.92 bits per heavy atom.